The van der Waals surface area contributed by atoms with Gasteiger partial charge >= 0.3 is 0 Å². The van der Waals surface area contributed by atoms with Gasteiger partial charge in [0.05, 0.1) is 46.2 Å². The second-order valence-corrected chi connectivity index (χ2v) is 19.6. The van der Waals surface area contributed by atoms with E-state index in [1.807, 2.05) is 0 Å². The van der Waals surface area contributed by atoms with Gasteiger partial charge in [0.1, 0.15) is 171 Å². The van der Waals surface area contributed by atoms with Crippen molar-refractivity contribution in [1.29, 1.82) is 0 Å². The highest BCUT2D eigenvalue weighted by Gasteiger charge is 2.59. The van der Waals surface area contributed by atoms with Gasteiger partial charge in [-0.3, -0.25) is 0 Å². The molecule has 0 bridgehead atoms. The van der Waals surface area contributed by atoms with Gasteiger partial charge in [0.15, 0.2) is 44.0 Å². The molecule has 7 saturated heterocycles. The average Bonchev–Trinajstić information content (AvgIpc) is 3.43. The zero-order valence-corrected chi connectivity index (χ0v) is 40.8. The molecule has 7 aliphatic heterocycles. The minimum Gasteiger partial charge on any atom is -0.394 e. The van der Waals surface area contributed by atoms with Crippen molar-refractivity contribution in [1.82, 2.24) is 0 Å². The van der Waals surface area contributed by atoms with Gasteiger partial charge in [0.25, 0.3) is 0 Å². The molecule has 456 valence electrons. The summed E-state index contributed by atoms with van der Waals surface area (Å²) in [5.74, 6) is 0. The molecule has 7 rings (SSSR count). The monoisotopic (exact) mass is 1150 g/mol. The molecule has 35 atom stereocenters. The maximum atomic E-state index is 11.7. The summed E-state index contributed by atoms with van der Waals surface area (Å²) >= 11 is 0. The lowest BCUT2D eigenvalue weighted by atomic mass is 9.95. The summed E-state index contributed by atoms with van der Waals surface area (Å²) in [5, 5.41) is 246. The lowest BCUT2D eigenvalue weighted by molar-refractivity contribution is -0.420. The SMILES string of the molecule is OCC1OC(OC2C(OC3C(OC4C(OC5C(OC6C(OC7C(O)OC(CO)C(O)C7O)OC(CO)C(O)C6O)OC(CO)C(O)C5O)OC(CO)C(O)C4O)OC(CO)C(O)C3O)OC(CO)C(O)C2O)C(O)C(O)C1O. The van der Waals surface area contributed by atoms with E-state index in [1.54, 1.807) is 0 Å². The second kappa shape index (κ2) is 27.5. The van der Waals surface area contributed by atoms with E-state index in [4.69, 9.17) is 61.6 Å². The number of aliphatic hydroxyl groups is 23. The minimum atomic E-state index is -2.34. The highest BCUT2D eigenvalue weighted by atomic mass is 16.8. The van der Waals surface area contributed by atoms with Crippen LogP contribution in [0.15, 0.2) is 0 Å². The Kier molecular flexibility index (Phi) is 22.6. The summed E-state index contributed by atoms with van der Waals surface area (Å²) in [4.78, 5) is 0. The van der Waals surface area contributed by atoms with Crippen LogP contribution in [0.1, 0.15) is 0 Å². The number of hydrogen-bond donors (Lipinski definition) is 23. The molecule has 35 unspecified atom stereocenters. The molecule has 0 aromatic heterocycles. The fourth-order valence-corrected chi connectivity index (χ4v) is 9.88. The molecule has 0 amide bonds. The van der Waals surface area contributed by atoms with Crippen molar-refractivity contribution in [2.75, 3.05) is 46.2 Å². The topological polar surface area (TPSA) is 585 Å². The van der Waals surface area contributed by atoms with E-state index in [0.717, 1.165) is 0 Å². The van der Waals surface area contributed by atoms with Gasteiger partial charge in [0.2, 0.25) is 0 Å². The van der Waals surface area contributed by atoms with Gasteiger partial charge in [-0.15, -0.1) is 0 Å². The van der Waals surface area contributed by atoms with Gasteiger partial charge in [-0.05, 0) is 0 Å². The molecule has 23 N–H and O–H groups in total. The maximum Gasteiger partial charge on any atom is 0.187 e. The Hall–Kier alpha value is -1.44. The first-order valence-corrected chi connectivity index (χ1v) is 24.7. The molecule has 0 radical (unpaired) electrons. The molecule has 0 spiro atoms. The van der Waals surface area contributed by atoms with Crippen LogP contribution in [-0.2, 0) is 61.6 Å². The average molecular weight is 1150 g/mol. The van der Waals surface area contributed by atoms with Crippen LogP contribution in [0.5, 0.6) is 0 Å². The largest absolute Gasteiger partial charge is 0.394 e. The van der Waals surface area contributed by atoms with Crippen molar-refractivity contribution in [2.24, 2.45) is 0 Å². The standard InChI is InChI=1S/C42H72O36/c43-1-8-16(51)23(58)30(36(65)66-8)73-38-32(25(60)18(53)10(3-45)68-38)75-40-34(27(62)20(55)12(5-47)70-40)77-42-35(28(63)21(56)14(7-49)72-42)78-41-33(26(61)19(54)13(6-48)71-41)76-39-31(24(59)17(52)11(4-46)69-39)74-37-29(64)22(57)15(50)9(2-44)67-37/h8-65H,1-7H2. The Balaban J connectivity index is 1.20. The second-order valence-electron chi connectivity index (χ2n) is 19.6. The first-order chi connectivity index (χ1) is 37.0. The molecule has 78 heavy (non-hydrogen) atoms. The van der Waals surface area contributed by atoms with Crippen LogP contribution in [0.3, 0.4) is 0 Å². The van der Waals surface area contributed by atoms with E-state index in [1.165, 1.54) is 0 Å². The summed E-state index contributed by atoms with van der Waals surface area (Å²) < 4.78 is 74.3. The third-order valence-corrected chi connectivity index (χ3v) is 14.6. The van der Waals surface area contributed by atoms with E-state index in [-0.39, 0.29) is 0 Å². The molecule has 0 aromatic rings. The predicted molar refractivity (Wildman–Crippen MR) is 232 cm³/mol. The summed E-state index contributed by atoms with van der Waals surface area (Å²) in [6.07, 6.45) is -72.5. The van der Waals surface area contributed by atoms with E-state index in [9.17, 15) is 117 Å². The molecular formula is C42H72O36. The summed E-state index contributed by atoms with van der Waals surface area (Å²) in [6.45, 7) is -7.18. The van der Waals surface area contributed by atoms with Crippen LogP contribution in [-0.4, -0.2) is 379 Å². The lowest BCUT2D eigenvalue weighted by Gasteiger charge is -2.51. The van der Waals surface area contributed by atoms with Crippen molar-refractivity contribution in [3.8, 4) is 0 Å². The summed E-state index contributed by atoms with van der Waals surface area (Å²) in [5.41, 5.74) is 0. The Morgan fingerprint density at radius 3 is 0.615 bits per heavy atom. The number of hydrogen-bond acceptors (Lipinski definition) is 36. The summed E-state index contributed by atoms with van der Waals surface area (Å²) in [7, 11) is 0. The zero-order valence-electron chi connectivity index (χ0n) is 40.8. The molecule has 7 heterocycles. The van der Waals surface area contributed by atoms with E-state index < -0.39 is 261 Å². The Morgan fingerprint density at radius 1 is 0.192 bits per heavy atom. The number of ether oxygens (including phenoxy) is 13. The van der Waals surface area contributed by atoms with Gasteiger partial charge in [-0.1, -0.05) is 0 Å². The van der Waals surface area contributed by atoms with Gasteiger partial charge in [-0.25, -0.2) is 0 Å². The normalized spacial score (nSPS) is 53.5. The van der Waals surface area contributed by atoms with E-state index >= 15 is 0 Å². The Morgan fingerprint density at radius 2 is 0.372 bits per heavy atom. The highest BCUT2D eigenvalue weighted by molar-refractivity contribution is 5.01. The molecule has 7 aliphatic rings. The zero-order chi connectivity index (χ0) is 57.3. The molecule has 0 saturated carbocycles. The summed E-state index contributed by atoms with van der Waals surface area (Å²) in [6, 6.07) is 0. The van der Waals surface area contributed by atoms with Gasteiger partial charge in [0, 0.05) is 0 Å². The van der Waals surface area contributed by atoms with Crippen LogP contribution in [0.2, 0.25) is 0 Å². The predicted octanol–water partition coefficient (Wildman–Crippen LogP) is -16.3. The fraction of sp³-hybridized carbons (Fsp3) is 1.00. The number of aliphatic hydroxyl groups excluding tert-OH is 23. The highest BCUT2D eigenvalue weighted by Crippen LogP contribution is 2.39. The molecule has 0 aromatic carbocycles. The van der Waals surface area contributed by atoms with Crippen molar-refractivity contribution in [3.63, 3.8) is 0 Å². The van der Waals surface area contributed by atoms with Crippen LogP contribution in [0.25, 0.3) is 0 Å². The number of rotatable bonds is 19. The third-order valence-electron chi connectivity index (χ3n) is 14.6. The van der Waals surface area contributed by atoms with Crippen molar-refractivity contribution in [3.05, 3.63) is 0 Å². The molecule has 0 aliphatic carbocycles. The molecule has 36 nitrogen and oxygen atoms in total. The smallest absolute Gasteiger partial charge is 0.187 e. The van der Waals surface area contributed by atoms with Crippen molar-refractivity contribution >= 4 is 0 Å². The van der Waals surface area contributed by atoms with Crippen LogP contribution < -0.4 is 0 Å². The Bertz CT molecular complexity index is 1820. The van der Waals surface area contributed by atoms with Crippen LogP contribution >= 0.6 is 0 Å². The fourth-order valence-electron chi connectivity index (χ4n) is 9.88. The van der Waals surface area contributed by atoms with Crippen molar-refractivity contribution < 1.29 is 179 Å². The van der Waals surface area contributed by atoms with E-state index in [2.05, 4.69) is 0 Å². The first-order valence-electron chi connectivity index (χ1n) is 24.7. The lowest BCUT2D eigenvalue weighted by Crippen LogP contribution is -2.69. The van der Waals surface area contributed by atoms with Crippen LogP contribution in [0.4, 0.5) is 0 Å². The third kappa shape index (κ3) is 12.9. The quantitative estimate of drug-likeness (QED) is 0.0571. The van der Waals surface area contributed by atoms with Gasteiger partial charge < -0.3 is 179 Å². The van der Waals surface area contributed by atoms with E-state index in [0.29, 0.717) is 0 Å². The molecule has 7 fully saturated rings. The maximum absolute atomic E-state index is 11.7. The minimum absolute atomic E-state index is 0.890. The Labute approximate surface area is 439 Å². The first kappa shape index (κ1) is 64.1. The van der Waals surface area contributed by atoms with Crippen molar-refractivity contribution in [2.45, 2.75) is 215 Å². The van der Waals surface area contributed by atoms with Crippen LogP contribution in [0, 0.1) is 0 Å². The molecular weight excluding hydrogens is 1080 g/mol. The van der Waals surface area contributed by atoms with Gasteiger partial charge in [-0.2, -0.15) is 0 Å². The molecule has 36 heteroatoms.